The van der Waals surface area contributed by atoms with E-state index in [0.29, 0.717) is 6.42 Å². The Hall–Kier alpha value is -1.50. The van der Waals surface area contributed by atoms with Gasteiger partial charge in [0.1, 0.15) is 17.8 Å². The maximum absolute atomic E-state index is 11.9. The standard InChI is InChI=1S/C17H25N4O8P/c1-4-16(3,29-30(27)8(2)17(30,25)26)5-9-11(22)12(23)15(28-9)21-7-20-10-13(21)18-6-19-14(10)24/h6-9,11-12,15,22-23,25-27H,4-5H2,1-3H3/p+1/t8?,9-,11-,12-,15?,16+,30?/m1/s1. The van der Waals surface area contributed by atoms with Crippen LogP contribution < -0.4 is 5.56 Å². The van der Waals surface area contributed by atoms with Crippen molar-refractivity contribution < 1.29 is 34.6 Å². The lowest BCUT2D eigenvalue weighted by Gasteiger charge is -2.29. The van der Waals surface area contributed by atoms with Crippen LogP contribution in [0, 0.1) is 0 Å². The first-order valence-corrected chi connectivity index (χ1v) is 11.4. The summed E-state index contributed by atoms with van der Waals surface area (Å²) in [5.74, 6) is 0. The number of H-pyrrole nitrogens is 1. The van der Waals surface area contributed by atoms with Crippen molar-refractivity contribution in [1.29, 1.82) is 0 Å². The number of nitrogens with zero attached hydrogens (tertiary/aromatic N) is 3. The van der Waals surface area contributed by atoms with Crippen molar-refractivity contribution in [3.63, 3.8) is 0 Å². The van der Waals surface area contributed by atoms with Gasteiger partial charge in [-0.05, 0) is 20.3 Å². The van der Waals surface area contributed by atoms with Crippen LogP contribution in [0.3, 0.4) is 0 Å². The summed E-state index contributed by atoms with van der Waals surface area (Å²) in [6, 6.07) is 0. The minimum Gasteiger partial charge on any atom is -0.388 e. The van der Waals surface area contributed by atoms with E-state index in [-0.39, 0.29) is 17.6 Å². The third-order valence-corrected chi connectivity index (χ3v) is 9.39. The average Bonchev–Trinajstić information content (AvgIpc) is 3.08. The smallest absolute Gasteiger partial charge is 0.377 e. The van der Waals surface area contributed by atoms with Gasteiger partial charge in [0.25, 0.3) is 5.56 Å². The highest BCUT2D eigenvalue weighted by atomic mass is 31.2. The van der Waals surface area contributed by atoms with E-state index in [0.717, 1.165) is 0 Å². The second kappa shape index (κ2) is 7.01. The van der Waals surface area contributed by atoms with Crippen molar-refractivity contribution in [2.75, 3.05) is 0 Å². The summed E-state index contributed by atoms with van der Waals surface area (Å²) in [5, 5.41) is 40.9. The molecule has 2 fully saturated rings. The van der Waals surface area contributed by atoms with Crippen molar-refractivity contribution in [2.24, 2.45) is 0 Å². The minimum absolute atomic E-state index is 0.0734. The molecule has 3 unspecified atom stereocenters. The predicted molar refractivity (Wildman–Crippen MR) is 104 cm³/mol. The number of hydrogen-bond acceptors (Lipinski definition) is 10. The minimum atomic E-state index is -3.44. The van der Waals surface area contributed by atoms with Gasteiger partial charge in [-0.1, -0.05) is 6.92 Å². The Morgan fingerprint density at radius 1 is 1.37 bits per heavy atom. The molecule has 2 aromatic rings. The third-order valence-electron chi connectivity index (χ3n) is 6.21. The van der Waals surface area contributed by atoms with Gasteiger partial charge in [0.2, 0.25) is 5.66 Å². The largest absolute Gasteiger partial charge is 0.388 e. The molecule has 4 heterocycles. The van der Waals surface area contributed by atoms with Gasteiger partial charge >= 0.3 is 13.2 Å². The average molecular weight is 445 g/mol. The number of fused-ring (bicyclic) bond motifs is 1. The van der Waals surface area contributed by atoms with Crippen molar-refractivity contribution in [3.05, 3.63) is 23.0 Å². The van der Waals surface area contributed by atoms with Crippen LogP contribution in [0.2, 0.25) is 0 Å². The second-order valence-electron chi connectivity index (χ2n) is 8.19. The zero-order chi connectivity index (χ0) is 22.1. The second-order valence-corrected chi connectivity index (χ2v) is 11.0. The van der Waals surface area contributed by atoms with Crippen LogP contribution in [0.1, 0.15) is 39.8 Å². The number of aromatic nitrogens is 4. The van der Waals surface area contributed by atoms with Crippen LogP contribution in [0.25, 0.3) is 11.2 Å². The highest BCUT2D eigenvalue weighted by Gasteiger charge is 2.90. The van der Waals surface area contributed by atoms with E-state index < -0.39 is 54.6 Å². The normalized spacial score (nSPS) is 37.4. The fourth-order valence-corrected chi connectivity index (χ4v) is 6.31. The molecule has 7 atom stereocenters. The molecule has 2 aliphatic rings. The van der Waals surface area contributed by atoms with Gasteiger partial charge in [-0.3, -0.25) is 9.36 Å². The maximum Gasteiger partial charge on any atom is 0.377 e. The first-order chi connectivity index (χ1) is 13.9. The molecule has 0 aromatic carbocycles. The monoisotopic (exact) mass is 445 g/mol. The summed E-state index contributed by atoms with van der Waals surface area (Å²) in [4.78, 5) is 32.8. The Morgan fingerprint density at radius 2 is 2.03 bits per heavy atom. The molecular weight excluding hydrogens is 419 g/mol. The number of nitrogens with one attached hydrogen (secondary N) is 1. The molecule has 4 rings (SSSR count). The van der Waals surface area contributed by atoms with Crippen molar-refractivity contribution in [1.82, 2.24) is 19.5 Å². The molecule has 0 saturated carbocycles. The van der Waals surface area contributed by atoms with Gasteiger partial charge in [-0.15, -0.1) is 0 Å². The number of aliphatic hydroxyl groups is 4. The Morgan fingerprint density at radius 3 is 2.63 bits per heavy atom. The number of ether oxygens (including phenoxy) is 1. The van der Waals surface area contributed by atoms with Gasteiger partial charge in [-0.2, -0.15) is 4.52 Å². The van der Waals surface area contributed by atoms with Crippen LogP contribution in [0.5, 0.6) is 0 Å². The molecular formula is C17H26N4O8P+. The zero-order valence-electron chi connectivity index (χ0n) is 16.7. The highest BCUT2D eigenvalue weighted by Crippen LogP contribution is 2.87. The third kappa shape index (κ3) is 3.10. The van der Waals surface area contributed by atoms with Gasteiger partial charge < -0.3 is 30.1 Å². The molecule has 0 spiro atoms. The van der Waals surface area contributed by atoms with Gasteiger partial charge in [0.05, 0.1) is 18.8 Å². The van der Waals surface area contributed by atoms with Gasteiger partial charge in [-0.25, -0.2) is 14.9 Å². The molecule has 0 bridgehead atoms. The van der Waals surface area contributed by atoms with E-state index in [4.69, 9.17) is 9.26 Å². The number of aromatic amines is 1. The summed E-state index contributed by atoms with van der Waals surface area (Å²) < 4.78 is 13.0. The maximum atomic E-state index is 11.9. The lowest BCUT2D eigenvalue weighted by Crippen LogP contribution is -2.38. The number of hydrogen-bond donors (Lipinski definition) is 6. The molecule has 0 radical (unpaired) electrons. The fraction of sp³-hybridized carbons (Fsp3) is 0.706. The SMILES string of the molecule is CC[C@@](C)(C[C@H]1OC(n2cnc3c(=O)[nH]cnc32)[C@H](O)[C@@H]1O)O[P+]1(O)C(C)C1(O)O. The topological polar surface area (TPSA) is 183 Å². The molecule has 6 N–H and O–H groups in total. The molecule has 166 valence electrons. The van der Waals surface area contributed by atoms with E-state index in [1.54, 1.807) is 13.8 Å². The van der Waals surface area contributed by atoms with E-state index in [1.165, 1.54) is 24.1 Å². The molecule has 30 heavy (non-hydrogen) atoms. The molecule has 12 nitrogen and oxygen atoms in total. The van der Waals surface area contributed by atoms with E-state index >= 15 is 0 Å². The van der Waals surface area contributed by atoms with Gasteiger partial charge in [0, 0.05) is 6.42 Å². The molecule has 2 aliphatic heterocycles. The van der Waals surface area contributed by atoms with Crippen LogP contribution in [-0.4, -0.2) is 79.9 Å². The fourth-order valence-electron chi connectivity index (χ4n) is 3.84. The Kier molecular flexibility index (Phi) is 5.07. The van der Waals surface area contributed by atoms with Crippen LogP contribution in [-0.2, 0) is 9.26 Å². The van der Waals surface area contributed by atoms with E-state index in [2.05, 4.69) is 15.0 Å². The van der Waals surface area contributed by atoms with Crippen molar-refractivity contribution in [2.45, 2.75) is 74.9 Å². The van der Waals surface area contributed by atoms with Crippen LogP contribution >= 0.6 is 7.72 Å². The summed E-state index contributed by atoms with van der Waals surface area (Å²) in [7, 11) is -3.44. The number of imidazole rings is 1. The predicted octanol–water partition coefficient (Wildman–Crippen LogP) is -0.805. The van der Waals surface area contributed by atoms with Crippen LogP contribution in [0.4, 0.5) is 0 Å². The van der Waals surface area contributed by atoms with Gasteiger partial charge in [0.15, 0.2) is 17.4 Å². The first kappa shape index (κ1) is 21.7. The summed E-state index contributed by atoms with van der Waals surface area (Å²) in [5.41, 5.74) is -4.27. The first-order valence-electron chi connectivity index (χ1n) is 9.64. The molecule has 13 heteroatoms. The van der Waals surface area contributed by atoms with E-state index in [9.17, 15) is 30.1 Å². The van der Waals surface area contributed by atoms with Crippen molar-refractivity contribution >= 4 is 18.9 Å². The lowest BCUT2D eigenvalue weighted by atomic mass is 9.93. The molecule has 0 aliphatic carbocycles. The molecule has 2 saturated heterocycles. The quantitative estimate of drug-likeness (QED) is 0.243. The summed E-state index contributed by atoms with van der Waals surface area (Å²) in [6.45, 7) is 4.96. The summed E-state index contributed by atoms with van der Waals surface area (Å²) >= 11 is 0. The Labute approximate surface area is 171 Å². The van der Waals surface area contributed by atoms with Crippen molar-refractivity contribution in [3.8, 4) is 0 Å². The summed E-state index contributed by atoms with van der Waals surface area (Å²) in [6.07, 6.45) is -1.58. The molecule has 2 aromatic heterocycles. The van der Waals surface area contributed by atoms with Crippen LogP contribution in [0.15, 0.2) is 17.4 Å². The number of rotatable bonds is 6. The Balaban J connectivity index is 1.55. The molecule has 0 amide bonds. The highest BCUT2D eigenvalue weighted by molar-refractivity contribution is 7.75. The zero-order valence-corrected chi connectivity index (χ0v) is 17.6. The Bertz CT molecular complexity index is 1010. The number of aliphatic hydroxyl groups excluding tert-OH is 2. The van der Waals surface area contributed by atoms with E-state index in [1.807, 2.05) is 0 Å². The lowest BCUT2D eigenvalue weighted by molar-refractivity contribution is -0.0745.